The minimum Gasteiger partial charge on any atom is -0.120 e. The van der Waals surface area contributed by atoms with Crippen molar-refractivity contribution in [1.82, 2.24) is 4.68 Å². The van der Waals surface area contributed by atoms with Crippen LogP contribution in [0.15, 0.2) is 66.7 Å². The van der Waals surface area contributed by atoms with Gasteiger partial charge in [-0.05, 0) is 54.7 Å². The average molecular weight is 356 g/mol. The summed E-state index contributed by atoms with van der Waals surface area (Å²) in [4.78, 5) is 0. The first-order chi connectivity index (χ1) is 13.0. The van der Waals surface area contributed by atoms with Gasteiger partial charge < -0.3 is 0 Å². The molecule has 3 aromatic carbocycles. The maximum Gasteiger partial charge on any atom is 0.246 e. The predicted molar refractivity (Wildman–Crippen MR) is 113 cm³/mol. The van der Waals surface area contributed by atoms with Gasteiger partial charge in [-0.1, -0.05) is 62.4 Å². The van der Waals surface area contributed by atoms with Crippen LogP contribution in [0.5, 0.6) is 0 Å². The van der Waals surface area contributed by atoms with Crippen molar-refractivity contribution in [2.24, 2.45) is 7.05 Å². The van der Waals surface area contributed by atoms with E-state index in [0.29, 0.717) is 5.92 Å². The number of aromatic nitrogens is 2. The molecule has 1 aromatic heterocycles. The molecule has 0 radical (unpaired) electrons. The van der Waals surface area contributed by atoms with Crippen molar-refractivity contribution in [3.8, 4) is 16.9 Å². The third-order valence-electron chi connectivity index (χ3n) is 5.50. The van der Waals surface area contributed by atoms with E-state index in [0.717, 1.165) is 0 Å². The second kappa shape index (κ2) is 6.70. The number of para-hydroxylation sites is 2. The second-order valence-electron chi connectivity index (χ2n) is 7.68. The smallest absolute Gasteiger partial charge is 0.120 e. The summed E-state index contributed by atoms with van der Waals surface area (Å²) in [5.74, 6) is 0.475. The molecule has 0 fully saturated rings. The van der Waals surface area contributed by atoms with E-state index in [1.807, 2.05) is 0 Å². The summed E-state index contributed by atoms with van der Waals surface area (Å²) in [6.45, 7) is 8.92. The molecule has 0 aliphatic carbocycles. The quantitative estimate of drug-likeness (QED) is 0.407. The van der Waals surface area contributed by atoms with Gasteiger partial charge in [-0.2, -0.15) is 0 Å². The summed E-state index contributed by atoms with van der Waals surface area (Å²) >= 11 is 0. The van der Waals surface area contributed by atoms with Crippen molar-refractivity contribution < 1.29 is 4.68 Å². The lowest BCUT2D eigenvalue weighted by atomic mass is 9.94. The van der Waals surface area contributed by atoms with Crippen molar-refractivity contribution in [3.05, 3.63) is 83.4 Å². The van der Waals surface area contributed by atoms with E-state index in [1.54, 1.807) is 0 Å². The molecule has 0 amide bonds. The minimum atomic E-state index is 0.475. The average Bonchev–Trinajstić information content (AvgIpc) is 2.94. The molecule has 0 spiro atoms. The first-order valence-corrected chi connectivity index (χ1v) is 9.66. The molecule has 2 nitrogen and oxygen atoms in total. The Bertz CT molecular complexity index is 1110. The molecule has 0 unspecified atom stereocenters. The summed E-state index contributed by atoms with van der Waals surface area (Å²) in [7, 11) is 2.18. The van der Waals surface area contributed by atoms with Crippen LogP contribution in [0, 0.1) is 13.8 Å². The van der Waals surface area contributed by atoms with Gasteiger partial charge in [-0.3, -0.25) is 0 Å². The molecule has 2 heteroatoms. The molecule has 27 heavy (non-hydrogen) atoms. The monoisotopic (exact) mass is 355 g/mol. The van der Waals surface area contributed by atoms with Crippen molar-refractivity contribution >= 4 is 10.9 Å². The third kappa shape index (κ3) is 2.76. The van der Waals surface area contributed by atoms with E-state index in [-0.39, 0.29) is 0 Å². The molecule has 0 bridgehead atoms. The van der Waals surface area contributed by atoms with Gasteiger partial charge in [-0.25, -0.2) is 0 Å². The molecular weight excluding hydrogens is 328 g/mol. The molecule has 1 heterocycles. The lowest BCUT2D eigenvalue weighted by Gasteiger charge is -2.11. The van der Waals surface area contributed by atoms with Crippen LogP contribution in [0.4, 0.5) is 0 Å². The lowest BCUT2D eigenvalue weighted by Crippen LogP contribution is -2.40. The second-order valence-corrected chi connectivity index (χ2v) is 7.68. The Morgan fingerprint density at radius 3 is 2.11 bits per heavy atom. The molecule has 4 aromatic rings. The van der Waals surface area contributed by atoms with Crippen molar-refractivity contribution in [2.75, 3.05) is 0 Å². The molecule has 0 saturated heterocycles. The van der Waals surface area contributed by atoms with Crippen LogP contribution in [-0.2, 0) is 7.05 Å². The Balaban J connectivity index is 2.14. The Morgan fingerprint density at radius 1 is 0.778 bits per heavy atom. The SMILES string of the molecule is Cc1cccc(C)c1-n1c2ccccc2c(-c2ccccc2C(C)C)[n+]1C. The Morgan fingerprint density at radius 2 is 1.41 bits per heavy atom. The number of fused-ring (bicyclic) bond motifs is 1. The molecule has 0 aliphatic heterocycles. The van der Waals surface area contributed by atoms with E-state index >= 15 is 0 Å². The zero-order chi connectivity index (χ0) is 19.1. The number of nitrogens with zero attached hydrogens (tertiary/aromatic N) is 2. The summed E-state index contributed by atoms with van der Waals surface area (Å²) in [6.07, 6.45) is 0. The molecule has 0 saturated carbocycles. The molecule has 136 valence electrons. The molecule has 0 aliphatic rings. The minimum absolute atomic E-state index is 0.475. The summed E-state index contributed by atoms with van der Waals surface area (Å²) < 4.78 is 4.69. The van der Waals surface area contributed by atoms with Gasteiger partial charge in [0, 0.05) is 0 Å². The third-order valence-corrected chi connectivity index (χ3v) is 5.50. The maximum atomic E-state index is 2.37. The topological polar surface area (TPSA) is 8.81 Å². The highest BCUT2D eigenvalue weighted by atomic mass is 15.4. The summed E-state index contributed by atoms with van der Waals surface area (Å²) in [6, 6.07) is 24.1. The zero-order valence-corrected chi connectivity index (χ0v) is 16.8. The van der Waals surface area contributed by atoms with Gasteiger partial charge >= 0.3 is 0 Å². The summed E-state index contributed by atoms with van der Waals surface area (Å²) in [5, 5.41) is 1.29. The van der Waals surface area contributed by atoms with Gasteiger partial charge in [0.05, 0.1) is 10.9 Å². The number of benzene rings is 3. The first kappa shape index (κ1) is 17.5. The van der Waals surface area contributed by atoms with Crippen molar-refractivity contribution in [2.45, 2.75) is 33.6 Å². The molecular formula is C25H27N2+. The Kier molecular flexibility index (Phi) is 4.35. The molecule has 0 N–H and O–H groups in total. The largest absolute Gasteiger partial charge is 0.246 e. The maximum absolute atomic E-state index is 2.37. The highest BCUT2D eigenvalue weighted by Crippen LogP contribution is 2.34. The predicted octanol–water partition coefficient (Wildman–Crippen LogP) is 5.86. The van der Waals surface area contributed by atoms with Crippen LogP contribution in [0.1, 0.15) is 36.5 Å². The fourth-order valence-electron chi connectivity index (χ4n) is 4.24. The normalized spacial score (nSPS) is 11.5. The Hall–Kier alpha value is -2.87. The number of hydrogen-bond donors (Lipinski definition) is 0. The van der Waals surface area contributed by atoms with E-state index < -0.39 is 0 Å². The number of hydrogen-bond acceptors (Lipinski definition) is 0. The van der Waals surface area contributed by atoms with Crippen molar-refractivity contribution in [3.63, 3.8) is 0 Å². The molecule has 0 atom stereocenters. The Labute approximate surface area is 161 Å². The lowest BCUT2D eigenvalue weighted by molar-refractivity contribution is -0.731. The van der Waals surface area contributed by atoms with Crippen LogP contribution in [0.2, 0.25) is 0 Å². The van der Waals surface area contributed by atoms with Gasteiger partial charge in [-0.15, -0.1) is 9.36 Å². The van der Waals surface area contributed by atoms with E-state index in [4.69, 9.17) is 0 Å². The first-order valence-electron chi connectivity index (χ1n) is 9.66. The van der Waals surface area contributed by atoms with Gasteiger partial charge in [0.15, 0.2) is 7.05 Å². The van der Waals surface area contributed by atoms with Crippen LogP contribution in [0.25, 0.3) is 27.8 Å². The van der Waals surface area contributed by atoms with E-state index in [2.05, 4.69) is 111 Å². The number of rotatable bonds is 3. The summed E-state index contributed by atoms with van der Waals surface area (Å²) in [5.41, 5.74) is 9.06. The fourth-order valence-corrected chi connectivity index (χ4v) is 4.24. The molecule has 4 rings (SSSR count). The zero-order valence-electron chi connectivity index (χ0n) is 16.8. The van der Waals surface area contributed by atoms with Crippen LogP contribution >= 0.6 is 0 Å². The van der Waals surface area contributed by atoms with Crippen LogP contribution in [-0.4, -0.2) is 4.68 Å². The van der Waals surface area contributed by atoms with Crippen LogP contribution < -0.4 is 4.68 Å². The van der Waals surface area contributed by atoms with E-state index in [1.165, 1.54) is 44.5 Å². The highest BCUT2D eigenvalue weighted by Gasteiger charge is 2.27. The van der Waals surface area contributed by atoms with Gasteiger partial charge in [0.2, 0.25) is 5.69 Å². The standard InChI is InChI=1S/C25H27N2/c1-17(2)20-13-6-7-14-21(20)25-22-15-8-9-16-23(22)27(26(25)5)24-18(3)11-10-12-19(24)4/h6-17H,1-5H3/q+1. The van der Waals surface area contributed by atoms with E-state index in [9.17, 15) is 0 Å². The number of aryl methyl sites for hydroxylation is 2. The highest BCUT2D eigenvalue weighted by molar-refractivity contribution is 5.93. The van der Waals surface area contributed by atoms with Crippen molar-refractivity contribution in [1.29, 1.82) is 0 Å². The van der Waals surface area contributed by atoms with Crippen LogP contribution in [0.3, 0.4) is 0 Å². The fraction of sp³-hybridized carbons (Fsp3) is 0.240. The van der Waals surface area contributed by atoms with Gasteiger partial charge in [0.25, 0.3) is 0 Å². The van der Waals surface area contributed by atoms with Gasteiger partial charge in [0.1, 0.15) is 11.2 Å².